The van der Waals surface area contributed by atoms with Crippen LogP contribution >= 0.6 is 0 Å². The summed E-state index contributed by atoms with van der Waals surface area (Å²) < 4.78 is 92.7. The van der Waals surface area contributed by atoms with Gasteiger partial charge in [0.25, 0.3) is 15.5 Å². The van der Waals surface area contributed by atoms with Crippen molar-refractivity contribution in [3.8, 4) is 11.5 Å². The summed E-state index contributed by atoms with van der Waals surface area (Å²) in [4.78, 5) is 8.02. The third-order valence-corrected chi connectivity index (χ3v) is 4.35. The van der Waals surface area contributed by atoms with E-state index < -0.39 is 54.0 Å². The molecule has 0 radical (unpaired) electrons. The van der Waals surface area contributed by atoms with Gasteiger partial charge < -0.3 is 4.74 Å². The summed E-state index contributed by atoms with van der Waals surface area (Å²) in [5, 5.41) is 10.5. The van der Waals surface area contributed by atoms with Crippen molar-refractivity contribution in [3.05, 3.63) is 58.1 Å². The van der Waals surface area contributed by atoms with Crippen molar-refractivity contribution in [1.29, 1.82) is 0 Å². The number of non-ortho nitro benzene ring substituents is 1. The molecule has 134 valence electrons. The predicted octanol–water partition coefficient (Wildman–Crippen LogP) is 3.96. The Morgan fingerprint density at radius 1 is 1.00 bits per heavy atom. The van der Waals surface area contributed by atoms with Gasteiger partial charge >= 0.3 is 5.51 Å². The minimum atomic E-state index is -5.98. The number of halogens is 5. The highest BCUT2D eigenvalue weighted by Gasteiger charge is 2.48. The first-order valence-electron chi connectivity index (χ1n) is 6.16. The lowest BCUT2D eigenvalue weighted by Gasteiger charge is -2.14. The standard InChI is InChI=1S/C13H6F5NO5S/c14-7-1-3-11(12(5-7)25(22,23)13(16,17)18)24-10-4-2-8(19(20)21)6-9(10)15/h1-6H. The Kier molecular flexibility index (Phi) is 4.66. The number of ether oxygens (including phenoxy) is 1. The van der Waals surface area contributed by atoms with Crippen molar-refractivity contribution in [3.63, 3.8) is 0 Å². The second-order valence-electron chi connectivity index (χ2n) is 4.51. The van der Waals surface area contributed by atoms with E-state index in [4.69, 9.17) is 4.74 Å². The minimum absolute atomic E-state index is 0.0709. The quantitative estimate of drug-likeness (QED) is 0.453. The van der Waals surface area contributed by atoms with Crippen LogP contribution in [0.3, 0.4) is 0 Å². The summed E-state index contributed by atoms with van der Waals surface area (Å²) >= 11 is 0. The van der Waals surface area contributed by atoms with Crippen LogP contribution in [0.4, 0.5) is 27.6 Å². The molecule has 0 atom stereocenters. The first-order chi connectivity index (χ1) is 11.4. The molecule has 2 aromatic carbocycles. The maximum Gasteiger partial charge on any atom is 0.502 e. The van der Waals surface area contributed by atoms with Gasteiger partial charge in [0.2, 0.25) is 0 Å². The van der Waals surface area contributed by atoms with Gasteiger partial charge in [-0.15, -0.1) is 0 Å². The zero-order valence-electron chi connectivity index (χ0n) is 11.8. The number of nitrogens with zero attached hydrogens (tertiary/aromatic N) is 1. The Labute approximate surface area is 136 Å². The third kappa shape index (κ3) is 3.68. The molecule has 0 aliphatic carbocycles. The second-order valence-corrected chi connectivity index (χ2v) is 6.42. The van der Waals surface area contributed by atoms with Gasteiger partial charge in [-0.05, 0) is 24.3 Å². The molecular weight excluding hydrogens is 377 g/mol. The van der Waals surface area contributed by atoms with Crippen molar-refractivity contribution < 1.29 is 40.0 Å². The van der Waals surface area contributed by atoms with Crippen LogP contribution in [0.15, 0.2) is 41.3 Å². The molecule has 0 amide bonds. The molecule has 2 aromatic rings. The van der Waals surface area contributed by atoms with E-state index in [1.807, 2.05) is 0 Å². The van der Waals surface area contributed by atoms with Gasteiger partial charge in [0.05, 0.1) is 11.0 Å². The van der Waals surface area contributed by atoms with Crippen molar-refractivity contribution in [2.45, 2.75) is 10.4 Å². The molecular formula is C13H6F5NO5S. The Morgan fingerprint density at radius 2 is 1.60 bits per heavy atom. The molecule has 0 N–H and O–H groups in total. The number of hydrogen-bond donors (Lipinski definition) is 0. The maximum absolute atomic E-state index is 13.8. The van der Waals surface area contributed by atoms with Gasteiger partial charge in [0.1, 0.15) is 16.5 Å². The van der Waals surface area contributed by atoms with E-state index in [0.717, 1.165) is 12.1 Å². The molecule has 0 saturated carbocycles. The summed E-state index contributed by atoms with van der Waals surface area (Å²) in [6.07, 6.45) is 0. The molecule has 12 heteroatoms. The Hall–Kier alpha value is -2.76. The molecule has 6 nitrogen and oxygen atoms in total. The number of rotatable bonds is 4. The summed E-state index contributed by atoms with van der Waals surface area (Å²) in [5.41, 5.74) is -6.40. The van der Waals surface area contributed by atoms with Crippen molar-refractivity contribution >= 4 is 15.5 Å². The number of nitro benzene ring substituents is 1. The average molecular weight is 383 g/mol. The summed E-state index contributed by atoms with van der Waals surface area (Å²) in [6.45, 7) is 0. The van der Waals surface area contributed by atoms with Crippen LogP contribution in [0.25, 0.3) is 0 Å². The Bertz CT molecular complexity index is 942. The van der Waals surface area contributed by atoms with Gasteiger partial charge in [-0.2, -0.15) is 13.2 Å². The van der Waals surface area contributed by atoms with Crippen LogP contribution < -0.4 is 4.74 Å². The molecule has 2 rings (SSSR count). The van der Waals surface area contributed by atoms with Crippen molar-refractivity contribution in [1.82, 2.24) is 0 Å². The van der Waals surface area contributed by atoms with Gasteiger partial charge in [-0.1, -0.05) is 0 Å². The van der Waals surface area contributed by atoms with Crippen LogP contribution in [-0.2, 0) is 9.84 Å². The SMILES string of the molecule is O=[N+]([O-])c1ccc(Oc2ccc(F)cc2S(=O)(=O)C(F)(F)F)c(F)c1. The largest absolute Gasteiger partial charge is 0.502 e. The van der Waals surface area contributed by atoms with Crippen molar-refractivity contribution in [2.75, 3.05) is 0 Å². The van der Waals surface area contributed by atoms with Gasteiger partial charge in [-0.25, -0.2) is 17.2 Å². The molecule has 25 heavy (non-hydrogen) atoms. The topological polar surface area (TPSA) is 86.5 Å². The Morgan fingerprint density at radius 3 is 2.12 bits per heavy atom. The fraction of sp³-hybridized carbons (Fsp3) is 0.0769. The van der Waals surface area contributed by atoms with E-state index in [-0.39, 0.29) is 6.07 Å². The van der Waals surface area contributed by atoms with Crippen LogP contribution in [0.2, 0.25) is 0 Å². The molecule has 0 aliphatic heterocycles. The van der Waals surface area contributed by atoms with Crippen LogP contribution in [0, 0.1) is 21.7 Å². The van der Waals surface area contributed by atoms with Gasteiger partial charge in [0, 0.05) is 6.07 Å². The van der Waals surface area contributed by atoms with E-state index in [1.165, 1.54) is 0 Å². The number of nitro groups is 1. The van der Waals surface area contributed by atoms with Crippen LogP contribution in [-0.4, -0.2) is 18.8 Å². The highest BCUT2D eigenvalue weighted by atomic mass is 32.2. The van der Waals surface area contributed by atoms with E-state index in [0.29, 0.717) is 18.2 Å². The molecule has 0 saturated heterocycles. The minimum Gasteiger partial charge on any atom is -0.453 e. The monoisotopic (exact) mass is 383 g/mol. The lowest BCUT2D eigenvalue weighted by atomic mass is 10.3. The summed E-state index contributed by atoms with van der Waals surface area (Å²) in [7, 11) is -5.98. The molecule has 0 spiro atoms. The smallest absolute Gasteiger partial charge is 0.453 e. The van der Waals surface area contributed by atoms with Gasteiger partial charge in [-0.3, -0.25) is 10.1 Å². The Balaban J connectivity index is 2.54. The lowest BCUT2D eigenvalue weighted by Crippen LogP contribution is -2.23. The van der Waals surface area contributed by atoms with Crippen LogP contribution in [0.5, 0.6) is 11.5 Å². The lowest BCUT2D eigenvalue weighted by molar-refractivity contribution is -0.385. The fourth-order valence-corrected chi connectivity index (χ4v) is 2.60. The number of benzene rings is 2. The third-order valence-electron chi connectivity index (χ3n) is 2.85. The normalized spacial score (nSPS) is 12.0. The number of alkyl halides is 3. The predicted molar refractivity (Wildman–Crippen MR) is 72.8 cm³/mol. The zero-order chi connectivity index (χ0) is 19.0. The van der Waals surface area contributed by atoms with Crippen LogP contribution in [0.1, 0.15) is 0 Å². The highest BCUT2D eigenvalue weighted by Crippen LogP contribution is 2.38. The van der Waals surface area contributed by atoms with E-state index >= 15 is 0 Å². The number of hydrogen-bond acceptors (Lipinski definition) is 5. The molecule has 0 unspecified atom stereocenters. The summed E-state index contributed by atoms with van der Waals surface area (Å²) in [6, 6.07) is 3.18. The van der Waals surface area contributed by atoms with E-state index in [1.54, 1.807) is 0 Å². The van der Waals surface area contributed by atoms with Crippen molar-refractivity contribution in [2.24, 2.45) is 0 Å². The first kappa shape index (κ1) is 18.6. The maximum atomic E-state index is 13.8. The first-order valence-corrected chi connectivity index (χ1v) is 7.64. The summed E-state index contributed by atoms with van der Waals surface area (Å²) in [5.74, 6) is -4.39. The molecule has 0 fully saturated rings. The molecule has 0 bridgehead atoms. The zero-order valence-corrected chi connectivity index (χ0v) is 12.6. The average Bonchev–Trinajstić information content (AvgIpc) is 2.49. The fourth-order valence-electron chi connectivity index (χ4n) is 1.71. The highest BCUT2D eigenvalue weighted by molar-refractivity contribution is 7.92. The molecule has 0 heterocycles. The van der Waals surface area contributed by atoms with E-state index in [2.05, 4.69) is 0 Å². The number of sulfone groups is 1. The molecule has 0 aliphatic rings. The van der Waals surface area contributed by atoms with E-state index in [9.17, 15) is 40.5 Å². The second kappa shape index (κ2) is 6.27. The molecule has 0 aromatic heterocycles. The van der Waals surface area contributed by atoms with Gasteiger partial charge in [0.15, 0.2) is 11.6 Å².